The van der Waals surface area contributed by atoms with E-state index in [-0.39, 0.29) is 18.5 Å². The molecule has 27 heavy (non-hydrogen) atoms. The zero-order valence-corrected chi connectivity index (χ0v) is 16.6. The van der Waals surface area contributed by atoms with Gasteiger partial charge in [0.1, 0.15) is 6.29 Å². The van der Waals surface area contributed by atoms with Crippen LogP contribution in [0.1, 0.15) is 24.5 Å². The van der Waals surface area contributed by atoms with Crippen LogP contribution in [0, 0.1) is 0 Å². The van der Waals surface area contributed by atoms with E-state index in [0.717, 1.165) is 44.7 Å². The van der Waals surface area contributed by atoms with Gasteiger partial charge in [0.2, 0.25) is 0 Å². The van der Waals surface area contributed by atoms with Crippen LogP contribution in [0.4, 0.5) is 10.5 Å². The van der Waals surface area contributed by atoms with Gasteiger partial charge >= 0.3 is 6.03 Å². The number of nitrogens with one attached hydrogen (secondary N) is 6. The fourth-order valence-electron chi connectivity index (χ4n) is 3.57. The summed E-state index contributed by atoms with van der Waals surface area (Å²) >= 11 is 0. The van der Waals surface area contributed by atoms with Crippen LogP contribution in [0.15, 0.2) is 18.2 Å². The summed E-state index contributed by atoms with van der Waals surface area (Å²) in [4.78, 5) is 14.6. The molecule has 8 nitrogen and oxygen atoms in total. The van der Waals surface area contributed by atoms with Crippen LogP contribution in [0.2, 0.25) is 0 Å². The highest BCUT2D eigenvalue weighted by atomic mass is 16.2. The molecule has 1 aromatic carbocycles. The summed E-state index contributed by atoms with van der Waals surface area (Å²) in [6, 6.07) is 6.22. The lowest BCUT2D eigenvalue weighted by atomic mass is 10.0. The maximum atomic E-state index is 12.4. The molecule has 1 saturated heterocycles. The lowest BCUT2D eigenvalue weighted by Gasteiger charge is -2.37. The maximum Gasteiger partial charge on any atom is 0.321 e. The van der Waals surface area contributed by atoms with Crippen molar-refractivity contribution in [2.45, 2.75) is 44.8 Å². The van der Waals surface area contributed by atoms with E-state index in [1.807, 2.05) is 6.07 Å². The molecule has 1 aromatic rings. The molecule has 8 heteroatoms. The van der Waals surface area contributed by atoms with Crippen molar-refractivity contribution in [3.63, 3.8) is 0 Å². The zero-order valence-electron chi connectivity index (χ0n) is 16.6. The first-order chi connectivity index (χ1) is 13.0. The molecule has 2 aliphatic heterocycles. The monoisotopic (exact) mass is 375 g/mol. The molecule has 3 rings (SSSR count). The van der Waals surface area contributed by atoms with E-state index in [2.05, 4.69) is 70.0 Å². The minimum Gasteiger partial charge on any atom is -0.312 e. The number of fused-ring (bicyclic) bond motifs is 1. The molecule has 0 aromatic heterocycles. The van der Waals surface area contributed by atoms with Crippen molar-refractivity contribution in [1.29, 1.82) is 0 Å². The van der Waals surface area contributed by atoms with Gasteiger partial charge in [0.15, 0.2) is 0 Å². The van der Waals surface area contributed by atoms with E-state index < -0.39 is 0 Å². The number of hydrogen-bond donors (Lipinski definition) is 6. The van der Waals surface area contributed by atoms with Gasteiger partial charge in [-0.1, -0.05) is 6.07 Å². The Hall–Kier alpha value is -1.71. The zero-order chi connectivity index (χ0) is 19.2. The Morgan fingerprint density at radius 2 is 2.11 bits per heavy atom. The van der Waals surface area contributed by atoms with Crippen molar-refractivity contribution in [2.24, 2.45) is 0 Å². The number of anilines is 1. The Kier molecular flexibility index (Phi) is 7.03. The van der Waals surface area contributed by atoms with Crippen LogP contribution in [-0.4, -0.2) is 63.2 Å². The summed E-state index contributed by atoms with van der Waals surface area (Å²) in [6.07, 6.45) is 1.90. The molecule has 3 atom stereocenters. The SMILES string of the molecule is CC1CC(NCCN(C)C)NC(NC(=O)Nc2ccc3c(c2)CNCC3)N1. The number of carbonyl (C=O) groups excluding carboxylic acids is 1. The third kappa shape index (κ3) is 6.15. The van der Waals surface area contributed by atoms with E-state index in [1.54, 1.807) is 0 Å². The van der Waals surface area contributed by atoms with Crippen molar-refractivity contribution in [2.75, 3.05) is 39.0 Å². The summed E-state index contributed by atoms with van der Waals surface area (Å²) in [7, 11) is 4.12. The van der Waals surface area contributed by atoms with Crippen LogP contribution in [0.3, 0.4) is 0 Å². The number of amides is 2. The second-order valence-electron chi connectivity index (χ2n) is 7.72. The summed E-state index contributed by atoms with van der Waals surface area (Å²) in [5, 5.41) is 19.5. The normalized spacial score (nSPS) is 25.1. The van der Waals surface area contributed by atoms with E-state index in [9.17, 15) is 4.79 Å². The molecule has 1 fully saturated rings. The van der Waals surface area contributed by atoms with Crippen molar-refractivity contribution >= 4 is 11.7 Å². The Balaban J connectivity index is 1.49. The second-order valence-corrected chi connectivity index (χ2v) is 7.72. The Morgan fingerprint density at radius 1 is 1.26 bits per heavy atom. The fourth-order valence-corrected chi connectivity index (χ4v) is 3.57. The van der Waals surface area contributed by atoms with Crippen molar-refractivity contribution in [3.05, 3.63) is 29.3 Å². The first-order valence-corrected chi connectivity index (χ1v) is 9.80. The minimum absolute atomic E-state index is 0.168. The highest BCUT2D eigenvalue weighted by Gasteiger charge is 2.25. The number of hydrogen-bond acceptors (Lipinski definition) is 6. The van der Waals surface area contributed by atoms with E-state index >= 15 is 0 Å². The molecule has 6 N–H and O–H groups in total. The van der Waals surface area contributed by atoms with Crippen LogP contribution >= 0.6 is 0 Å². The molecule has 2 aliphatic rings. The lowest BCUT2D eigenvalue weighted by molar-refractivity contribution is 0.191. The van der Waals surface area contributed by atoms with Crippen LogP contribution < -0.4 is 31.9 Å². The molecule has 0 spiro atoms. The third-order valence-electron chi connectivity index (χ3n) is 4.98. The molecule has 0 bridgehead atoms. The molecular weight excluding hydrogens is 342 g/mol. The Morgan fingerprint density at radius 3 is 2.93 bits per heavy atom. The van der Waals surface area contributed by atoms with Gasteiger partial charge in [-0.05, 0) is 63.7 Å². The van der Waals surface area contributed by atoms with Gasteiger partial charge < -0.3 is 26.2 Å². The first kappa shape index (κ1) is 20.0. The number of rotatable bonds is 6. The second kappa shape index (κ2) is 9.48. The summed E-state index contributed by atoms with van der Waals surface area (Å²) in [5.74, 6) is 0. The highest BCUT2D eigenvalue weighted by Crippen LogP contribution is 2.18. The molecule has 2 amide bonds. The molecule has 3 unspecified atom stereocenters. The van der Waals surface area contributed by atoms with Gasteiger partial charge in [-0.2, -0.15) is 0 Å². The van der Waals surface area contributed by atoms with Gasteiger partial charge in [0, 0.05) is 31.4 Å². The fraction of sp³-hybridized carbons (Fsp3) is 0.632. The van der Waals surface area contributed by atoms with Crippen LogP contribution in [0.5, 0.6) is 0 Å². The number of likely N-dealkylation sites (N-methyl/N-ethyl adjacent to an activating group) is 1. The maximum absolute atomic E-state index is 12.4. The molecule has 0 aliphatic carbocycles. The van der Waals surface area contributed by atoms with Crippen molar-refractivity contribution in [1.82, 2.24) is 31.5 Å². The number of urea groups is 1. The van der Waals surface area contributed by atoms with Gasteiger partial charge in [0.25, 0.3) is 0 Å². The number of nitrogens with zero attached hydrogens (tertiary/aromatic N) is 1. The largest absolute Gasteiger partial charge is 0.321 e. The van der Waals surface area contributed by atoms with Gasteiger partial charge in [-0.15, -0.1) is 0 Å². The Bertz CT molecular complexity index is 636. The third-order valence-corrected chi connectivity index (χ3v) is 4.98. The van der Waals surface area contributed by atoms with E-state index in [1.165, 1.54) is 11.1 Å². The van der Waals surface area contributed by atoms with Crippen LogP contribution in [0.25, 0.3) is 0 Å². The Labute approximate surface area is 161 Å². The number of carbonyl (C=O) groups is 1. The average molecular weight is 376 g/mol. The number of benzene rings is 1. The summed E-state index contributed by atoms with van der Waals surface area (Å²) in [6.45, 7) is 5.88. The van der Waals surface area contributed by atoms with Crippen LogP contribution in [-0.2, 0) is 13.0 Å². The lowest BCUT2D eigenvalue weighted by Crippen LogP contribution is -2.68. The van der Waals surface area contributed by atoms with Crippen molar-refractivity contribution < 1.29 is 4.79 Å². The highest BCUT2D eigenvalue weighted by molar-refractivity contribution is 5.89. The standard InChI is InChI=1S/C19H33N7O/c1-13-10-17(21-8-9-26(2)3)24-18(22-13)25-19(27)23-16-5-4-14-6-7-20-12-15(14)11-16/h4-5,11,13,17-18,20-22,24H,6-10,12H2,1-3H3,(H2,23,25,27). The average Bonchev–Trinajstić information content (AvgIpc) is 2.60. The summed E-state index contributed by atoms with van der Waals surface area (Å²) in [5.41, 5.74) is 3.43. The van der Waals surface area contributed by atoms with Crippen molar-refractivity contribution in [3.8, 4) is 0 Å². The molecule has 0 saturated carbocycles. The predicted molar refractivity (Wildman–Crippen MR) is 108 cm³/mol. The van der Waals surface area contributed by atoms with E-state index in [0.29, 0.717) is 6.04 Å². The molecule has 2 heterocycles. The summed E-state index contributed by atoms with van der Waals surface area (Å²) < 4.78 is 0. The van der Waals surface area contributed by atoms with Gasteiger partial charge in [0.05, 0.1) is 6.17 Å². The quantitative estimate of drug-likeness (QED) is 0.425. The van der Waals surface area contributed by atoms with Gasteiger partial charge in [-0.3, -0.25) is 10.6 Å². The van der Waals surface area contributed by atoms with E-state index in [4.69, 9.17) is 0 Å². The minimum atomic E-state index is -0.273. The molecule has 150 valence electrons. The first-order valence-electron chi connectivity index (χ1n) is 9.80. The predicted octanol–water partition coefficient (Wildman–Crippen LogP) is 0.186. The molecular formula is C19H33N7O. The smallest absolute Gasteiger partial charge is 0.312 e. The molecule has 0 radical (unpaired) electrons. The van der Waals surface area contributed by atoms with Gasteiger partial charge in [-0.25, -0.2) is 4.79 Å². The topological polar surface area (TPSA) is 92.5 Å².